The lowest BCUT2D eigenvalue weighted by Crippen LogP contribution is -2.10. The largest absolute Gasteiger partial charge is 0.467 e. The molecule has 1 aromatic carbocycles. The van der Waals surface area contributed by atoms with Gasteiger partial charge in [0.2, 0.25) is 5.95 Å². The Morgan fingerprint density at radius 2 is 1.75 bits per heavy atom. The van der Waals surface area contributed by atoms with Gasteiger partial charge in [0.15, 0.2) is 0 Å². The molecule has 0 unspecified atom stereocenters. The highest BCUT2D eigenvalue weighted by atomic mass is 16.5. The first-order valence-electron chi connectivity index (χ1n) is 6.34. The summed E-state index contributed by atoms with van der Waals surface area (Å²) in [4.78, 5) is 12.2. The molecule has 0 radical (unpaired) electrons. The monoisotopic (exact) mass is 274 g/mol. The van der Waals surface area contributed by atoms with Gasteiger partial charge in [0, 0.05) is 6.54 Å². The van der Waals surface area contributed by atoms with Crippen molar-refractivity contribution in [1.29, 1.82) is 0 Å². The molecule has 106 valence electrons. The number of hydrogen-bond acceptors (Lipinski definition) is 6. The van der Waals surface area contributed by atoms with Crippen LogP contribution in [0, 0.1) is 6.92 Å². The molecule has 2 rings (SSSR count). The first-order valence-corrected chi connectivity index (χ1v) is 6.34. The van der Waals surface area contributed by atoms with E-state index in [-0.39, 0.29) is 12.0 Å². The van der Waals surface area contributed by atoms with E-state index in [2.05, 4.69) is 51.5 Å². The molecule has 0 atom stereocenters. The minimum atomic E-state index is 0.231. The van der Waals surface area contributed by atoms with Crippen molar-refractivity contribution >= 4 is 5.95 Å². The molecule has 0 saturated carbocycles. The van der Waals surface area contributed by atoms with Crippen molar-refractivity contribution in [1.82, 2.24) is 15.0 Å². The molecule has 2 aromatic rings. The first kappa shape index (κ1) is 14.0. The number of nitrogens with one attached hydrogen (secondary N) is 1. The van der Waals surface area contributed by atoms with E-state index in [0.717, 1.165) is 13.0 Å². The Balaban J connectivity index is 1.96. The number of methoxy groups -OCH3 is 2. The van der Waals surface area contributed by atoms with Crippen molar-refractivity contribution in [3.8, 4) is 12.0 Å². The standard InChI is InChI=1S/C14H18N4O2/c1-10-5-4-6-11(9-10)7-8-15-12-16-13(19-2)18-14(17-12)20-3/h4-6,9H,7-8H2,1-3H3,(H,15,16,17,18). The third-order valence-electron chi connectivity index (χ3n) is 2.74. The number of benzene rings is 1. The van der Waals surface area contributed by atoms with Crippen LogP contribution in [0.15, 0.2) is 24.3 Å². The van der Waals surface area contributed by atoms with E-state index in [9.17, 15) is 0 Å². The van der Waals surface area contributed by atoms with Crippen LogP contribution in [-0.4, -0.2) is 35.7 Å². The van der Waals surface area contributed by atoms with Crippen LogP contribution in [0.5, 0.6) is 12.0 Å². The summed E-state index contributed by atoms with van der Waals surface area (Å²) in [6, 6.07) is 8.86. The fourth-order valence-electron chi connectivity index (χ4n) is 1.79. The topological polar surface area (TPSA) is 69.2 Å². The molecule has 0 aliphatic carbocycles. The minimum absolute atomic E-state index is 0.231. The molecule has 1 N–H and O–H groups in total. The van der Waals surface area contributed by atoms with Gasteiger partial charge >= 0.3 is 12.0 Å². The van der Waals surface area contributed by atoms with Gasteiger partial charge in [-0.2, -0.15) is 9.97 Å². The predicted molar refractivity (Wildman–Crippen MR) is 76.3 cm³/mol. The summed E-state index contributed by atoms with van der Waals surface area (Å²) in [6.45, 7) is 2.80. The van der Waals surface area contributed by atoms with Crippen LogP contribution < -0.4 is 14.8 Å². The van der Waals surface area contributed by atoms with Crippen LogP contribution in [0.4, 0.5) is 5.95 Å². The maximum absolute atomic E-state index is 5.00. The van der Waals surface area contributed by atoms with E-state index in [1.807, 2.05) is 0 Å². The molecule has 0 bridgehead atoms. The van der Waals surface area contributed by atoms with E-state index in [1.165, 1.54) is 25.3 Å². The molecule has 0 amide bonds. The number of rotatable bonds is 6. The van der Waals surface area contributed by atoms with Crippen molar-refractivity contribution in [3.63, 3.8) is 0 Å². The van der Waals surface area contributed by atoms with Gasteiger partial charge in [-0.05, 0) is 18.9 Å². The second kappa shape index (κ2) is 6.70. The van der Waals surface area contributed by atoms with Crippen molar-refractivity contribution in [2.24, 2.45) is 0 Å². The van der Waals surface area contributed by atoms with Gasteiger partial charge in [-0.15, -0.1) is 4.98 Å². The van der Waals surface area contributed by atoms with Gasteiger partial charge < -0.3 is 14.8 Å². The summed E-state index contributed by atoms with van der Waals surface area (Å²) in [5.41, 5.74) is 2.52. The fourth-order valence-corrected chi connectivity index (χ4v) is 1.79. The fraction of sp³-hybridized carbons (Fsp3) is 0.357. The molecule has 0 saturated heterocycles. The number of hydrogen-bond donors (Lipinski definition) is 1. The Morgan fingerprint density at radius 1 is 1.05 bits per heavy atom. The molecule has 6 heteroatoms. The third-order valence-corrected chi connectivity index (χ3v) is 2.74. The van der Waals surface area contributed by atoms with Gasteiger partial charge in [0.05, 0.1) is 14.2 Å². The third kappa shape index (κ3) is 3.81. The lowest BCUT2D eigenvalue weighted by Gasteiger charge is -2.07. The lowest BCUT2D eigenvalue weighted by molar-refractivity contribution is 0.341. The summed E-state index contributed by atoms with van der Waals surface area (Å²) in [5.74, 6) is 0.446. The van der Waals surface area contributed by atoms with Crippen molar-refractivity contribution in [2.75, 3.05) is 26.1 Å². The summed E-state index contributed by atoms with van der Waals surface area (Å²) in [5, 5.41) is 3.14. The molecule has 0 aliphatic rings. The molecule has 1 heterocycles. The number of anilines is 1. The zero-order valence-electron chi connectivity index (χ0n) is 11.9. The molecular weight excluding hydrogens is 256 g/mol. The van der Waals surface area contributed by atoms with Gasteiger partial charge in [-0.3, -0.25) is 0 Å². The SMILES string of the molecule is COc1nc(NCCc2cccc(C)c2)nc(OC)n1. The van der Waals surface area contributed by atoms with Crippen LogP contribution >= 0.6 is 0 Å². The quantitative estimate of drug-likeness (QED) is 0.867. The van der Waals surface area contributed by atoms with Gasteiger partial charge in [0.25, 0.3) is 0 Å². The lowest BCUT2D eigenvalue weighted by atomic mass is 10.1. The minimum Gasteiger partial charge on any atom is -0.467 e. The molecule has 0 aliphatic heterocycles. The molecule has 0 fully saturated rings. The zero-order chi connectivity index (χ0) is 14.4. The molecule has 1 aromatic heterocycles. The van der Waals surface area contributed by atoms with Crippen LogP contribution in [0.1, 0.15) is 11.1 Å². The molecular formula is C14H18N4O2. The normalized spacial score (nSPS) is 10.2. The predicted octanol–water partition coefficient (Wildman–Crippen LogP) is 1.85. The summed E-state index contributed by atoms with van der Waals surface area (Å²) in [7, 11) is 3.01. The molecule has 20 heavy (non-hydrogen) atoms. The first-order chi connectivity index (χ1) is 9.71. The van der Waals surface area contributed by atoms with Crippen LogP contribution in [-0.2, 0) is 6.42 Å². The van der Waals surface area contributed by atoms with Gasteiger partial charge in [-0.1, -0.05) is 29.8 Å². The van der Waals surface area contributed by atoms with Gasteiger partial charge in [0.1, 0.15) is 0 Å². The number of aromatic nitrogens is 3. The van der Waals surface area contributed by atoms with E-state index < -0.39 is 0 Å². The maximum atomic E-state index is 5.00. The summed E-state index contributed by atoms with van der Waals surface area (Å²) >= 11 is 0. The summed E-state index contributed by atoms with van der Waals surface area (Å²) < 4.78 is 9.99. The summed E-state index contributed by atoms with van der Waals surface area (Å²) in [6.07, 6.45) is 0.887. The van der Waals surface area contributed by atoms with Gasteiger partial charge in [-0.25, -0.2) is 0 Å². The Morgan fingerprint density at radius 3 is 2.35 bits per heavy atom. The highest BCUT2D eigenvalue weighted by Gasteiger charge is 2.06. The average molecular weight is 274 g/mol. The van der Waals surface area contributed by atoms with E-state index in [4.69, 9.17) is 9.47 Å². The van der Waals surface area contributed by atoms with E-state index in [1.54, 1.807) is 0 Å². The molecule has 6 nitrogen and oxygen atoms in total. The Bertz CT molecular complexity index is 553. The Kier molecular flexibility index (Phi) is 4.70. The van der Waals surface area contributed by atoms with E-state index >= 15 is 0 Å². The zero-order valence-corrected chi connectivity index (χ0v) is 11.9. The number of nitrogens with zero attached hydrogens (tertiary/aromatic N) is 3. The number of aryl methyl sites for hydroxylation is 1. The number of ether oxygens (including phenoxy) is 2. The Hall–Kier alpha value is -2.37. The highest BCUT2D eigenvalue weighted by molar-refractivity contribution is 5.29. The second-order valence-electron chi connectivity index (χ2n) is 4.30. The molecule has 0 spiro atoms. The maximum Gasteiger partial charge on any atom is 0.324 e. The van der Waals surface area contributed by atoms with E-state index in [0.29, 0.717) is 5.95 Å². The smallest absolute Gasteiger partial charge is 0.324 e. The van der Waals surface area contributed by atoms with Crippen molar-refractivity contribution in [2.45, 2.75) is 13.3 Å². The van der Waals surface area contributed by atoms with Crippen molar-refractivity contribution < 1.29 is 9.47 Å². The second-order valence-corrected chi connectivity index (χ2v) is 4.30. The van der Waals surface area contributed by atoms with Crippen LogP contribution in [0.3, 0.4) is 0 Å². The highest BCUT2D eigenvalue weighted by Crippen LogP contribution is 2.12. The van der Waals surface area contributed by atoms with Crippen molar-refractivity contribution in [3.05, 3.63) is 35.4 Å². The Labute approximate surface area is 118 Å². The average Bonchev–Trinajstić information content (AvgIpc) is 2.47. The van der Waals surface area contributed by atoms with Crippen LogP contribution in [0.25, 0.3) is 0 Å². The van der Waals surface area contributed by atoms with Crippen LogP contribution in [0.2, 0.25) is 0 Å².